The number of hydrogen-bond donors (Lipinski definition) is 2. The number of nitrogens with zero attached hydrogens (tertiary/aromatic N) is 1. The van der Waals surface area contributed by atoms with Crippen molar-refractivity contribution < 1.29 is 9.90 Å². The van der Waals surface area contributed by atoms with E-state index < -0.39 is 0 Å². The number of amides is 1. The maximum atomic E-state index is 12.4. The lowest BCUT2D eigenvalue weighted by molar-refractivity contribution is 0.0740. The van der Waals surface area contributed by atoms with Crippen LogP contribution in [0.4, 0.5) is 0 Å². The van der Waals surface area contributed by atoms with E-state index in [9.17, 15) is 9.90 Å². The van der Waals surface area contributed by atoms with Crippen molar-refractivity contribution >= 4 is 17.2 Å². The maximum absolute atomic E-state index is 12.4. The number of phenolic OH excluding ortho intramolecular Hbond substituents is 1. The minimum absolute atomic E-state index is 0.0999. The molecule has 0 spiro atoms. The summed E-state index contributed by atoms with van der Waals surface area (Å²) in [6.07, 6.45) is 0. The van der Waals surface area contributed by atoms with Crippen molar-refractivity contribution in [3.63, 3.8) is 0 Å². The molecule has 3 rings (SSSR count). The van der Waals surface area contributed by atoms with Crippen LogP contribution >= 0.6 is 11.3 Å². The Morgan fingerprint density at radius 3 is 2.75 bits per heavy atom. The molecular formula is C15H16N2O2S. The summed E-state index contributed by atoms with van der Waals surface area (Å²) in [5, 5.41) is 14.7. The highest BCUT2D eigenvalue weighted by molar-refractivity contribution is 7.12. The standard InChI is InChI=1S/C15H16N2O2S/c18-13-3-1-2-11(8-13)12-9-14(20-10-12)15(19)17-6-4-16-5-7-17/h1-3,8-10,16,18H,4-7H2. The van der Waals surface area contributed by atoms with E-state index in [0.717, 1.165) is 42.2 Å². The van der Waals surface area contributed by atoms with Gasteiger partial charge in [-0.05, 0) is 34.7 Å². The summed E-state index contributed by atoms with van der Waals surface area (Å²) in [6, 6.07) is 8.99. The SMILES string of the molecule is O=C(c1cc(-c2cccc(O)c2)cs1)N1CCNCC1. The third-order valence-electron chi connectivity index (χ3n) is 3.39. The summed E-state index contributed by atoms with van der Waals surface area (Å²) >= 11 is 1.46. The highest BCUT2D eigenvalue weighted by Crippen LogP contribution is 2.28. The Balaban J connectivity index is 1.81. The number of thiophene rings is 1. The monoisotopic (exact) mass is 288 g/mol. The first kappa shape index (κ1) is 13.1. The summed E-state index contributed by atoms with van der Waals surface area (Å²) in [6.45, 7) is 3.24. The molecular weight excluding hydrogens is 272 g/mol. The molecule has 1 fully saturated rings. The van der Waals surface area contributed by atoms with Gasteiger partial charge in [0.25, 0.3) is 5.91 Å². The van der Waals surface area contributed by atoms with Crippen LogP contribution in [-0.4, -0.2) is 42.1 Å². The largest absolute Gasteiger partial charge is 0.508 e. The van der Waals surface area contributed by atoms with Crippen LogP contribution in [0.1, 0.15) is 9.67 Å². The van der Waals surface area contributed by atoms with Gasteiger partial charge in [0.05, 0.1) is 4.88 Å². The smallest absolute Gasteiger partial charge is 0.264 e. The van der Waals surface area contributed by atoms with Gasteiger partial charge in [-0.3, -0.25) is 4.79 Å². The molecule has 1 aromatic carbocycles. The van der Waals surface area contributed by atoms with Crippen molar-refractivity contribution in [2.75, 3.05) is 26.2 Å². The molecule has 2 N–H and O–H groups in total. The number of rotatable bonds is 2. The maximum Gasteiger partial charge on any atom is 0.264 e. The van der Waals surface area contributed by atoms with Crippen LogP contribution in [0.2, 0.25) is 0 Å². The average molecular weight is 288 g/mol. The van der Waals surface area contributed by atoms with Crippen LogP contribution < -0.4 is 5.32 Å². The summed E-state index contributed by atoms with van der Waals surface area (Å²) in [7, 11) is 0. The number of benzene rings is 1. The Morgan fingerprint density at radius 2 is 2.00 bits per heavy atom. The molecule has 0 unspecified atom stereocenters. The molecule has 1 aromatic heterocycles. The predicted octanol–water partition coefficient (Wildman–Crippen LogP) is 2.17. The third kappa shape index (κ3) is 2.69. The summed E-state index contributed by atoms with van der Waals surface area (Å²) < 4.78 is 0. The fourth-order valence-corrected chi connectivity index (χ4v) is 3.19. The molecule has 0 radical (unpaired) electrons. The van der Waals surface area contributed by atoms with Crippen molar-refractivity contribution in [3.8, 4) is 16.9 Å². The molecule has 1 aliphatic heterocycles. The molecule has 5 heteroatoms. The zero-order valence-electron chi connectivity index (χ0n) is 11.0. The quantitative estimate of drug-likeness (QED) is 0.890. The molecule has 104 valence electrons. The Morgan fingerprint density at radius 1 is 1.20 bits per heavy atom. The van der Waals surface area contributed by atoms with E-state index in [1.807, 2.05) is 22.4 Å². The predicted molar refractivity (Wildman–Crippen MR) is 80.2 cm³/mol. The van der Waals surface area contributed by atoms with Crippen molar-refractivity contribution in [2.45, 2.75) is 0 Å². The molecule has 20 heavy (non-hydrogen) atoms. The van der Waals surface area contributed by atoms with E-state index in [2.05, 4.69) is 5.32 Å². The Hall–Kier alpha value is -1.85. The van der Waals surface area contributed by atoms with Crippen LogP contribution in [0.15, 0.2) is 35.7 Å². The minimum atomic E-state index is 0.0999. The van der Waals surface area contributed by atoms with Gasteiger partial charge in [0.15, 0.2) is 0 Å². The van der Waals surface area contributed by atoms with Crippen molar-refractivity contribution in [2.24, 2.45) is 0 Å². The zero-order chi connectivity index (χ0) is 13.9. The van der Waals surface area contributed by atoms with Crippen molar-refractivity contribution in [3.05, 3.63) is 40.6 Å². The van der Waals surface area contributed by atoms with Crippen molar-refractivity contribution in [1.29, 1.82) is 0 Å². The number of aromatic hydroxyl groups is 1. The van der Waals surface area contributed by atoms with E-state index in [0.29, 0.717) is 0 Å². The summed E-state index contributed by atoms with van der Waals surface area (Å²) in [5.41, 5.74) is 1.91. The van der Waals surface area contributed by atoms with Gasteiger partial charge < -0.3 is 15.3 Å². The molecule has 1 aliphatic rings. The zero-order valence-corrected chi connectivity index (χ0v) is 11.8. The summed E-state index contributed by atoms with van der Waals surface area (Å²) in [5.74, 6) is 0.339. The Bertz CT molecular complexity index is 618. The van der Waals surface area contributed by atoms with Crippen LogP contribution in [0, 0.1) is 0 Å². The second-order valence-corrected chi connectivity index (χ2v) is 5.70. The highest BCUT2D eigenvalue weighted by atomic mass is 32.1. The van der Waals surface area contributed by atoms with Crippen molar-refractivity contribution in [1.82, 2.24) is 10.2 Å². The van der Waals surface area contributed by atoms with Gasteiger partial charge in [0.2, 0.25) is 0 Å². The fraction of sp³-hybridized carbons (Fsp3) is 0.267. The molecule has 2 heterocycles. The lowest BCUT2D eigenvalue weighted by Crippen LogP contribution is -2.46. The number of carbonyl (C=O) groups excluding carboxylic acids is 1. The van der Waals surface area contributed by atoms with Gasteiger partial charge in [-0.15, -0.1) is 11.3 Å². The van der Waals surface area contributed by atoms with E-state index in [1.165, 1.54) is 11.3 Å². The first-order valence-corrected chi connectivity index (χ1v) is 7.50. The Kier molecular flexibility index (Phi) is 3.71. The van der Waals surface area contributed by atoms with Gasteiger partial charge >= 0.3 is 0 Å². The molecule has 4 nitrogen and oxygen atoms in total. The van der Waals surface area contributed by atoms with Gasteiger partial charge in [0, 0.05) is 26.2 Å². The normalized spacial score (nSPS) is 15.3. The number of nitrogens with one attached hydrogen (secondary N) is 1. The molecule has 2 aromatic rings. The molecule has 0 bridgehead atoms. The molecule has 0 atom stereocenters. The van der Waals surface area contributed by atoms with Crippen LogP contribution in [-0.2, 0) is 0 Å². The molecule has 1 saturated heterocycles. The third-order valence-corrected chi connectivity index (χ3v) is 4.31. The number of phenols is 1. The molecule has 1 amide bonds. The molecule has 0 aliphatic carbocycles. The fourth-order valence-electron chi connectivity index (χ4n) is 2.31. The average Bonchev–Trinajstić information content (AvgIpc) is 2.97. The highest BCUT2D eigenvalue weighted by Gasteiger charge is 2.19. The van der Waals surface area contributed by atoms with Gasteiger partial charge in [-0.25, -0.2) is 0 Å². The van der Waals surface area contributed by atoms with E-state index in [4.69, 9.17) is 0 Å². The van der Waals surface area contributed by atoms with E-state index >= 15 is 0 Å². The lowest BCUT2D eigenvalue weighted by Gasteiger charge is -2.26. The second-order valence-electron chi connectivity index (χ2n) is 4.79. The second kappa shape index (κ2) is 5.64. The molecule has 0 saturated carbocycles. The first-order chi connectivity index (χ1) is 9.74. The Labute approximate surface area is 121 Å². The van der Waals surface area contributed by atoms with E-state index in [1.54, 1.807) is 18.2 Å². The van der Waals surface area contributed by atoms with Crippen LogP contribution in [0.25, 0.3) is 11.1 Å². The lowest BCUT2D eigenvalue weighted by atomic mass is 10.1. The number of piperazine rings is 1. The number of hydrogen-bond acceptors (Lipinski definition) is 4. The van der Waals surface area contributed by atoms with Crippen LogP contribution in [0.3, 0.4) is 0 Å². The van der Waals surface area contributed by atoms with Gasteiger partial charge in [-0.2, -0.15) is 0 Å². The van der Waals surface area contributed by atoms with Gasteiger partial charge in [0.1, 0.15) is 5.75 Å². The van der Waals surface area contributed by atoms with Gasteiger partial charge in [-0.1, -0.05) is 12.1 Å². The summed E-state index contributed by atoms with van der Waals surface area (Å²) in [4.78, 5) is 15.0. The van der Waals surface area contributed by atoms with Crippen LogP contribution in [0.5, 0.6) is 5.75 Å². The topological polar surface area (TPSA) is 52.6 Å². The first-order valence-electron chi connectivity index (χ1n) is 6.62. The number of carbonyl (C=O) groups is 1. The van der Waals surface area contributed by atoms with E-state index in [-0.39, 0.29) is 11.7 Å². The minimum Gasteiger partial charge on any atom is -0.508 e.